The van der Waals surface area contributed by atoms with Crippen LogP contribution in [0.2, 0.25) is 0 Å². The van der Waals surface area contributed by atoms with E-state index in [0.717, 1.165) is 0 Å². The van der Waals surface area contributed by atoms with Gasteiger partial charge in [-0.25, -0.2) is 4.39 Å². The van der Waals surface area contributed by atoms with Gasteiger partial charge in [0, 0.05) is 22.7 Å². The fraction of sp³-hybridized carbons (Fsp3) is 0.269. The molecule has 186 valence electrons. The van der Waals surface area contributed by atoms with Crippen molar-refractivity contribution in [3.63, 3.8) is 0 Å². The Morgan fingerprint density at radius 1 is 1.22 bits per heavy atom. The third kappa shape index (κ3) is 3.72. The van der Waals surface area contributed by atoms with Crippen LogP contribution < -0.4 is 14.8 Å². The summed E-state index contributed by atoms with van der Waals surface area (Å²) in [4.78, 5) is 27.3. The van der Waals surface area contributed by atoms with E-state index in [2.05, 4.69) is 21.2 Å². The molecule has 0 unspecified atom stereocenters. The number of carbonyl (C=O) groups is 1. The molecule has 1 amide bonds. The number of likely N-dealkylation sites (tertiary alicyclic amines) is 1. The zero-order chi connectivity index (χ0) is 25.6. The van der Waals surface area contributed by atoms with Gasteiger partial charge in [0.15, 0.2) is 17.0 Å². The Kier molecular flexibility index (Phi) is 6.17. The summed E-state index contributed by atoms with van der Waals surface area (Å²) in [5.41, 5.74) is 1.03. The molecule has 0 aromatic heterocycles. The molecule has 0 bridgehead atoms. The van der Waals surface area contributed by atoms with E-state index in [0.29, 0.717) is 38.3 Å². The van der Waals surface area contributed by atoms with E-state index in [1.165, 1.54) is 19.2 Å². The predicted molar refractivity (Wildman–Crippen MR) is 134 cm³/mol. The Morgan fingerprint density at radius 2 is 2.00 bits per heavy atom. The minimum Gasteiger partial charge on any atom is -0.493 e. The highest BCUT2D eigenvalue weighted by atomic mass is 79.9. The topological polar surface area (TPSA) is 93.9 Å². The molecule has 0 saturated carbocycles. The number of hydrogen-bond donors (Lipinski definition) is 1. The van der Waals surface area contributed by atoms with Crippen LogP contribution in [0.1, 0.15) is 22.6 Å². The molecule has 36 heavy (non-hydrogen) atoms. The quantitative estimate of drug-likeness (QED) is 0.350. The Bertz CT molecular complexity index is 1370. The molecule has 2 aliphatic heterocycles. The van der Waals surface area contributed by atoms with Gasteiger partial charge in [0.2, 0.25) is 0 Å². The first-order chi connectivity index (χ1) is 17.3. The van der Waals surface area contributed by atoms with Gasteiger partial charge < -0.3 is 14.8 Å². The molecule has 2 aliphatic rings. The van der Waals surface area contributed by atoms with Gasteiger partial charge in [-0.15, -0.1) is 0 Å². The lowest BCUT2D eigenvalue weighted by Crippen LogP contribution is -2.54. The monoisotopic (exact) mass is 555 g/mol. The highest BCUT2D eigenvalue weighted by molar-refractivity contribution is 9.10. The van der Waals surface area contributed by atoms with E-state index in [9.17, 15) is 19.3 Å². The summed E-state index contributed by atoms with van der Waals surface area (Å²) in [7, 11) is 3.22. The van der Waals surface area contributed by atoms with Gasteiger partial charge in [0.25, 0.3) is 11.9 Å². The average molecular weight is 556 g/mol. The summed E-state index contributed by atoms with van der Waals surface area (Å²) in [6, 6.07) is 15.4. The molecule has 3 atom stereocenters. The van der Waals surface area contributed by atoms with Crippen LogP contribution in [0.25, 0.3) is 0 Å². The number of ether oxygens (including phenoxy) is 2. The second kappa shape index (κ2) is 9.18. The number of anilines is 1. The number of nitrogens with zero attached hydrogens (tertiary/aromatic N) is 2. The lowest BCUT2D eigenvalue weighted by molar-refractivity contribution is -0.534. The number of para-hydroxylation sites is 1. The zero-order valence-electron chi connectivity index (χ0n) is 19.5. The van der Waals surface area contributed by atoms with Gasteiger partial charge >= 0.3 is 0 Å². The number of fused-ring (bicyclic) bond motifs is 2. The Labute approximate surface area is 215 Å². The lowest BCUT2D eigenvalue weighted by atomic mass is 9.79. The summed E-state index contributed by atoms with van der Waals surface area (Å²) in [5.74, 6) is -0.605. The summed E-state index contributed by atoms with van der Waals surface area (Å²) in [6.45, 7) is 0.391. The molecule has 2 heterocycles. The zero-order valence-corrected chi connectivity index (χ0v) is 21.1. The number of hydrogen-bond acceptors (Lipinski definition) is 6. The number of benzene rings is 3. The second-order valence-electron chi connectivity index (χ2n) is 8.94. The van der Waals surface area contributed by atoms with Gasteiger partial charge in [-0.3, -0.25) is 19.8 Å². The minimum absolute atomic E-state index is 0.107. The number of nitrogens with one attached hydrogen (secondary N) is 1. The van der Waals surface area contributed by atoms with Crippen LogP contribution in [0.4, 0.5) is 10.1 Å². The number of likely N-dealkylation sites (N-methyl/N-ethyl adjacent to an activating group) is 1. The van der Waals surface area contributed by atoms with Gasteiger partial charge in [0.05, 0.1) is 17.5 Å². The summed E-state index contributed by atoms with van der Waals surface area (Å²) in [6.07, 6.45) is 0. The van der Waals surface area contributed by atoms with Crippen LogP contribution in [0, 0.1) is 15.9 Å². The second-order valence-corrected chi connectivity index (χ2v) is 9.79. The van der Waals surface area contributed by atoms with Crippen LogP contribution >= 0.6 is 15.9 Å². The van der Waals surface area contributed by atoms with Crippen LogP contribution in [0.3, 0.4) is 0 Å². The molecule has 1 saturated heterocycles. The van der Waals surface area contributed by atoms with Crippen molar-refractivity contribution in [1.82, 2.24) is 4.90 Å². The predicted octanol–water partition coefficient (Wildman–Crippen LogP) is 4.70. The molecule has 1 fully saturated rings. The van der Waals surface area contributed by atoms with Crippen molar-refractivity contribution in [2.24, 2.45) is 0 Å². The molecular formula is C26H23BrFN3O5. The molecule has 3 aromatic rings. The van der Waals surface area contributed by atoms with Crippen LogP contribution in [-0.2, 0) is 16.9 Å². The standard InChI is InChI=1S/C26H23BrFN3O5/c1-30-13-18(24(31(33)34)26(30)19-8-3-4-9-21(19)29-25(26)32)16-11-20(27)23(22(12-16)35-2)36-14-15-6-5-7-17(28)10-15/h3-12,18,24H,13-14H2,1-2H3,(H,29,32)/t18-,24+,26-/m0/s1. The largest absolute Gasteiger partial charge is 0.493 e. The van der Waals surface area contributed by atoms with E-state index in [4.69, 9.17) is 9.47 Å². The van der Waals surface area contributed by atoms with Crippen molar-refractivity contribution in [3.8, 4) is 11.5 Å². The Balaban J connectivity index is 1.53. The van der Waals surface area contributed by atoms with Crippen molar-refractivity contribution < 1.29 is 23.6 Å². The smallest absolute Gasteiger partial charge is 0.256 e. The fourth-order valence-corrected chi connectivity index (χ4v) is 6.03. The number of halogens is 2. The maximum atomic E-state index is 13.5. The average Bonchev–Trinajstić information content (AvgIpc) is 3.32. The molecule has 1 N–H and O–H groups in total. The van der Waals surface area contributed by atoms with E-state index in [-0.39, 0.29) is 23.9 Å². The minimum atomic E-state index is -1.43. The molecule has 0 aliphatic carbocycles. The van der Waals surface area contributed by atoms with E-state index >= 15 is 0 Å². The van der Waals surface area contributed by atoms with Gasteiger partial charge in [-0.2, -0.15) is 0 Å². The number of carbonyl (C=O) groups excluding carboxylic acids is 1. The summed E-state index contributed by atoms with van der Waals surface area (Å²) in [5, 5.41) is 15.4. The molecule has 0 radical (unpaired) electrons. The van der Waals surface area contributed by atoms with E-state index in [1.807, 2.05) is 0 Å². The molecule has 8 nitrogen and oxygen atoms in total. The first-order valence-electron chi connectivity index (χ1n) is 11.3. The maximum absolute atomic E-state index is 13.5. The van der Waals surface area contributed by atoms with E-state index < -0.39 is 23.4 Å². The SMILES string of the molecule is COc1cc([C@@H]2CN(C)[C@]3(C(=O)Nc4ccccc43)[C@@H]2[N+](=O)[O-])cc(Br)c1OCc1cccc(F)c1. The number of methoxy groups -OCH3 is 1. The van der Waals surface area contributed by atoms with Crippen molar-refractivity contribution in [1.29, 1.82) is 0 Å². The number of nitro groups is 1. The molecular weight excluding hydrogens is 533 g/mol. The Morgan fingerprint density at radius 3 is 2.72 bits per heavy atom. The highest BCUT2D eigenvalue weighted by Gasteiger charge is 2.68. The molecule has 1 spiro atoms. The molecule has 5 rings (SSSR count). The van der Waals surface area contributed by atoms with E-state index in [1.54, 1.807) is 60.5 Å². The lowest BCUT2D eigenvalue weighted by Gasteiger charge is -2.30. The normalized spacial score (nSPS) is 22.9. The first kappa shape index (κ1) is 24.2. The van der Waals surface area contributed by atoms with Crippen LogP contribution in [-0.4, -0.2) is 42.5 Å². The summed E-state index contributed by atoms with van der Waals surface area (Å²) >= 11 is 3.52. The van der Waals surface area contributed by atoms with Crippen molar-refractivity contribution in [2.75, 3.05) is 26.0 Å². The van der Waals surface area contributed by atoms with Crippen LogP contribution in [0.5, 0.6) is 11.5 Å². The number of rotatable bonds is 6. The van der Waals surface area contributed by atoms with Gasteiger partial charge in [-0.1, -0.05) is 30.3 Å². The highest BCUT2D eigenvalue weighted by Crippen LogP contribution is 2.53. The number of amides is 1. The first-order valence-corrected chi connectivity index (χ1v) is 12.1. The van der Waals surface area contributed by atoms with Crippen molar-refractivity contribution >= 4 is 27.5 Å². The third-order valence-corrected chi connectivity index (χ3v) is 7.58. The third-order valence-electron chi connectivity index (χ3n) is 6.99. The van der Waals surface area contributed by atoms with Crippen molar-refractivity contribution in [2.45, 2.75) is 24.1 Å². The van der Waals surface area contributed by atoms with Crippen molar-refractivity contribution in [3.05, 3.63) is 97.8 Å². The molecule has 10 heteroatoms. The fourth-order valence-electron chi connectivity index (χ4n) is 5.46. The van der Waals surface area contributed by atoms with Gasteiger partial charge in [0.1, 0.15) is 12.4 Å². The van der Waals surface area contributed by atoms with Crippen LogP contribution in [0.15, 0.2) is 65.1 Å². The molecule has 3 aromatic carbocycles. The maximum Gasteiger partial charge on any atom is 0.256 e. The van der Waals surface area contributed by atoms with Gasteiger partial charge in [-0.05, 0) is 64.4 Å². The Hall–Kier alpha value is -3.50. The summed E-state index contributed by atoms with van der Waals surface area (Å²) < 4.78 is 25.6.